The van der Waals surface area contributed by atoms with Crippen molar-refractivity contribution >= 4 is 22.4 Å². The smallest absolute Gasteiger partial charge is 0.263 e. The van der Waals surface area contributed by atoms with Gasteiger partial charge >= 0.3 is 0 Å². The second-order valence-corrected chi connectivity index (χ2v) is 5.84. The van der Waals surface area contributed by atoms with E-state index in [1.54, 1.807) is 0 Å². The molecule has 0 fully saturated rings. The standard InChI is InChI=1S/C14H15N3OS/c1-8-12(19-14(15)16-8)13(18)17-11-6-9-4-2-3-5-10(9)7-11/h2-5,11H,6-7H2,1H3,(H2,15,16)(H,17,18). The van der Waals surface area contributed by atoms with Crippen LogP contribution < -0.4 is 11.1 Å². The van der Waals surface area contributed by atoms with Gasteiger partial charge in [0.25, 0.3) is 5.91 Å². The molecule has 1 aromatic heterocycles. The Balaban J connectivity index is 1.71. The third kappa shape index (κ3) is 2.33. The van der Waals surface area contributed by atoms with Crippen molar-refractivity contribution in [3.05, 3.63) is 46.0 Å². The van der Waals surface area contributed by atoms with Gasteiger partial charge in [0.2, 0.25) is 0 Å². The first-order valence-electron chi connectivity index (χ1n) is 6.24. The number of amides is 1. The number of thiazole rings is 1. The van der Waals surface area contributed by atoms with Gasteiger partial charge in [0, 0.05) is 6.04 Å². The van der Waals surface area contributed by atoms with Gasteiger partial charge in [0.05, 0.1) is 5.69 Å². The van der Waals surface area contributed by atoms with Crippen LogP contribution in [-0.2, 0) is 12.8 Å². The molecule has 0 atom stereocenters. The Morgan fingerprint density at radius 3 is 2.53 bits per heavy atom. The van der Waals surface area contributed by atoms with E-state index in [4.69, 9.17) is 5.73 Å². The monoisotopic (exact) mass is 273 g/mol. The molecule has 0 aliphatic heterocycles. The summed E-state index contributed by atoms with van der Waals surface area (Å²) in [5, 5.41) is 3.51. The Labute approximate surface area is 115 Å². The number of carbonyl (C=O) groups excluding carboxylic acids is 1. The van der Waals surface area contributed by atoms with Crippen molar-refractivity contribution in [1.29, 1.82) is 0 Å². The highest BCUT2D eigenvalue weighted by Crippen LogP contribution is 2.23. The molecule has 2 aromatic rings. The van der Waals surface area contributed by atoms with E-state index in [-0.39, 0.29) is 11.9 Å². The van der Waals surface area contributed by atoms with E-state index in [9.17, 15) is 4.79 Å². The van der Waals surface area contributed by atoms with Crippen LogP contribution in [0.25, 0.3) is 0 Å². The van der Waals surface area contributed by atoms with Crippen LogP contribution in [0.5, 0.6) is 0 Å². The predicted octanol–water partition coefficient (Wildman–Crippen LogP) is 1.93. The molecule has 19 heavy (non-hydrogen) atoms. The average Bonchev–Trinajstić information content (AvgIpc) is 2.91. The van der Waals surface area contributed by atoms with Gasteiger partial charge in [-0.1, -0.05) is 35.6 Å². The van der Waals surface area contributed by atoms with E-state index in [0.717, 1.165) is 12.8 Å². The van der Waals surface area contributed by atoms with Crippen LogP contribution in [0.4, 0.5) is 5.13 Å². The van der Waals surface area contributed by atoms with Crippen LogP contribution in [-0.4, -0.2) is 16.9 Å². The van der Waals surface area contributed by atoms with E-state index >= 15 is 0 Å². The number of nitrogens with two attached hydrogens (primary N) is 1. The lowest BCUT2D eigenvalue weighted by Gasteiger charge is -2.11. The quantitative estimate of drug-likeness (QED) is 0.878. The summed E-state index contributed by atoms with van der Waals surface area (Å²) in [7, 11) is 0. The minimum absolute atomic E-state index is 0.0653. The second-order valence-electron chi connectivity index (χ2n) is 4.81. The van der Waals surface area contributed by atoms with Crippen LogP contribution in [0.2, 0.25) is 0 Å². The van der Waals surface area contributed by atoms with Gasteiger partial charge < -0.3 is 11.1 Å². The molecule has 1 aliphatic rings. The summed E-state index contributed by atoms with van der Waals surface area (Å²) in [4.78, 5) is 16.9. The van der Waals surface area contributed by atoms with Crippen LogP contribution in [0.1, 0.15) is 26.5 Å². The number of aryl methyl sites for hydroxylation is 1. The summed E-state index contributed by atoms with van der Waals surface area (Å²) >= 11 is 1.24. The summed E-state index contributed by atoms with van der Waals surface area (Å²) in [6, 6.07) is 8.50. The molecule has 98 valence electrons. The van der Waals surface area contributed by atoms with Crippen molar-refractivity contribution < 1.29 is 4.79 Å². The molecule has 1 amide bonds. The maximum atomic E-state index is 12.2. The third-order valence-corrected chi connectivity index (χ3v) is 4.39. The fraction of sp³-hybridized carbons (Fsp3) is 0.286. The number of nitrogens with one attached hydrogen (secondary N) is 1. The van der Waals surface area contributed by atoms with Gasteiger partial charge in [-0.25, -0.2) is 4.98 Å². The Morgan fingerprint density at radius 1 is 1.37 bits per heavy atom. The number of hydrogen-bond donors (Lipinski definition) is 2. The molecular weight excluding hydrogens is 258 g/mol. The molecule has 0 saturated heterocycles. The van der Waals surface area contributed by atoms with Gasteiger partial charge in [-0.05, 0) is 30.9 Å². The summed E-state index contributed by atoms with van der Waals surface area (Å²) in [6.45, 7) is 1.81. The van der Waals surface area contributed by atoms with Crippen LogP contribution in [0, 0.1) is 6.92 Å². The minimum Gasteiger partial charge on any atom is -0.375 e. The summed E-state index contributed by atoms with van der Waals surface area (Å²) in [5.74, 6) is -0.0653. The number of benzene rings is 1. The molecule has 1 aromatic carbocycles. The van der Waals surface area contributed by atoms with Crippen LogP contribution in [0.3, 0.4) is 0 Å². The highest BCUT2D eigenvalue weighted by molar-refractivity contribution is 7.17. The molecule has 0 spiro atoms. The van der Waals surface area contributed by atoms with Crippen molar-refractivity contribution in [3.63, 3.8) is 0 Å². The number of anilines is 1. The highest BCUT2D eigenvalue weighted by Gasteiger charge is 2.24. The van der Waals surface area contributed by atoms with Crippen molar-refractivity contribution in [2.75, 3.05) is 5.73 Å². The van der Waals surface area contributed by atoms with E-state index in [0.29, 0.717) is 15.7 Å². The Kier molecular flexibility index (Phi) is 2.98. The number of fused-ring (bicyclic) bond motifs is 1. The summed E-state index contributed by atoms with van der Waals surface area (Å²) in [5.41, 5.74) is 8.98. The topological polar surface area (TPSA) is 68.0 Å². The lowest BCUT2D eigenvalue weighted by molar-refractivity contribution is 0.0942. The molecule has 3 rings (SSSR count). The molecule has 0 bridgehead atoms. The number of nitrogen functional groups attached to an aromatic ring is 1. The number of nitrogens with zero attached hydrogens (tertiary/aromatic N) is 1. The first kappa shape index (κ1) is 12.2. The first-order chi connectivity index (χ1) is 9.13. The van der Waals surface area contributed by atoms with Crippen molar-refractivity contribution in [2.45, 2.75) is 25.8 Å². The van der Waals surface area contributed by atoms with Gasteiger partial charge in [0.1, 0.15) is 4.88 Å². The SMILES string of the molecule is Cc1nc(N)sc1C(=O)NC1Cc2ccccc2C1. The zero-order valence-electron chi connectivity index (χ0n) is 10.6. The molecule has 1 heterocycles. The van der Waals surface area contributed by atoms with Gasteiger partial charge in [-0.3, -0.25) is 4.79 Å². The first-order valence-corrected chi connectivity index (χ1v) is 7.05. The third-order valence-electron chi connectivity index (χ3n) is 3.41. The van der Waals surface area contributed by atoms with Crippen molar-refractivity contribution in [1.82, 2.24) is 10.3 Å². The maximum absolute atomic E-state index is 12.2. The molecular formula is C14H15N3OS. The largest absolute Gasteiger partial charge is 0.375 e. The van der Waals surface area contributed by atoms with Gasteiger partial charge in [-0.2, -0.15) is 0 Å². The van der Waals surface area contributed by atoms with E-state index < -0.39 is 0 Å². The summed E-state index contributed by atoms with van der Waals surface area (Å²) in [6.07, 6.45) is 1.80. The lowest BCUT2D eigenvalue weighted by atomic mass is 10.1. The normalized spacial score (nSPS) is 14.4. The molecule has 0 radical (unpaired) electrons. The lowest BCUT2D eigenvalue weighted by Crippen LogP contribution is -2.35. The molecule has 0 unspecified atom stereocenters. The number of rotatable bonds is 2. The van der Waals surface area contributed by atoms with Gasteiger partial charge in [-0.15, -0.1) is 0 Å². The van der Waals surface area contributed by atoms with Crippen molar-refractivity contribution in [3.8, 4) is 0 Å². The molecule has 1 aliphatic carbocycles. The number of aromatic nitrogens is 1. The molecule has 0 saturated carbocycles. The minimum atomic E-state index is -0.0653. The highest BCUT2D eigenvalue weighted by atomic mass is 32.1. The fourth-order valence-corrected chi connectivity index (χ4v) is 3.28. The average molecular weight is 273 g/mol. The number of hydrogen-bond acceptors (Lipinski definition) is 4. The van der Waals surface area contributed by atoms with Crippen molar-refractivity contribution in [2.24, 2.45) is 0 Å². The fourth-order valence-electron chi connectivity index (χ4n) is 2.54. The Morgan fingerprint density at radius 2 is 2.00 bits per heavy atom. The van der Waals surface area contributed by atoms with E-state index in [2.05, 4.69) is 22.4 Å². The van der Waals surface area contributed by atoms with Crippen LogP contribution in [0.15, 0.2) is 24.3 Å². The van der Waals surface area contributed by atoms with Crippen LogP contribution >= 0.6 is 11.3 Å². The predicted molar refractivity (Wildman–Crippen MR) is 76.4 cm³/mol. The zero-order chi connectivity index (χ0) is 13.4. The summed E-state index contributed by atoms with van der Waals surface area (Å²) < 4.78 is 0. The van der Waals surface area contributed by atoms with E-state index in [1.165, 1.54) is 22.5 Å². The Bertz CT molecular complexity index is 610. The second kappa shape index (κ2) is 4.66. The van der Waals surface area contributed by atoms with E-state index in [1.807, 2.05) is 19.1 Å². The zero-order valence-corrected chi connectivity index (χ0v) is 11.5. The Hall–Kier alpha value is -1.88. The molecule has 3 N–H and O–H groups in total. The van der Waals surface area contributed by atoms with Gasteiger partial charge in [0.15, 0.2) is 5.13 Å². The number of carbonyl (C=O) groups is 1. The maximum Gasteiger partial charge on any atom is 0.263 e. The molecule has 5 heteroatoms. The molecule has 4 nitrogen and oxygen atoms in total.